The standard InChI is InChI=1S/C26H33F/c1-4-7-9-12-25-19-23(10-6-3)24(20-26(25)27)18-17-22-15-13-21(14-16-22)11-8-5-2/h13-16,19-20H,4-12H2,1-3H3. The topological polar surface area (TPSA) is 0 Å². The maximum atomic E-state index is 14.5. The monoisotopic (exact) mass is 364 g/mol. The van der Waals surface area contributed by atoms with Crippen molar-refractivity contribution in [2.24, 2.45) is 0 Å². The van der Waals surface area contributed by atoms with Crippen LogP contribution in [0.4, 0.5) is 4.39 Å². The number of benzene rings is 2. The lowest BCUT2D eigenvalue weighted by atomic mass is 9.97. The molecule has 2 rings (SSSR count). The molecule has 0 amide bonds. The quantitative estimate of drug-likeness (QED) is 0.324. The van der Waals surface area contributed by atoms with Gasteiger partial charge >= 0.3 is 0 Å². The Labute approximate surface area is 165 Å². The number of hydrogen-bond donors (Lipinski definition) is 0. The zero-order valence-corrected chi connectivity index (χ0v) is 17.2. The van der Waals surface area contributed by atoms with Crippen LogP contribution < -0.4 is 0 Å². The zero-order valence-electron chi connectivity index (χ0n) is 17.2. The van der Waals surface area contributed by atoms with E-state index in [1.54, 1.807) is 6.07 Å². The highest BCUT2D eigenvalue weighted by molar-refractivity contribution is 5.48. The van der Waals surface area contributed by atoms with Crippen molar-refractivity contribution < 1.29 is 4.39 Å². The van der Waals surface area contributed by atoms with Gasteiger partial charge in [0.15, 0.2) is 0 Å². The van der Waals surface area contributed by atoms with Gasteiger partial charge in [-0.05, 0) is 67.0 Å². The van der Waals surface area contributed by atoms with Crippen LogP contribution >= 0.6 is 0 Å². The van der Waals surface area contributed by atoms with Crippen molar-refractivity contribution in [2.75, 3.05) is 0 Å². The van der Waals surface area contributed by atoms with E-state index in [1.165, 1.54) is 24.0 Å². The van der Waals surface area contributed by atoms with Crippen LogP contribution in [0.1, 0.15) is 87.1 Å². The normalized spacial score (nSPS) is 10.5. The van der Waals surface area contributed by atoms with Crippen LogP contribution in [0, 0.1) is 17.7 Å². The molecule has 0 fully saturated rings. The minimum atomic E-state index is -0.106. The molecular formula is C26H33F. The minimum Gasteiger partial charge on any atom is -0.207 e. The average Bonchev–Trinajstić information content (AvgIpc) is 2.68. The molecule has 0 spiro atoms. The molecule has 1 heteroatoms. The number of unbranched alkanes of at least 4 members (excludes halogenated alkanes) is 3. The average molecular weight is 365 g/mol. The van der Waals surface area contributed by atoms with Gasteiger partial charge in [-0.25, -0.2) is 4.39 Å². The highest BCUT2D eigenvalue weighted by Crippen LogP contribution is 2.20. The third kappa shape index (κ3) is 6.87. The van der Waals surface area contributed by atoms with E-state index in [-0.39, 0.29) is 5.82 Å². The van der Waals surface area contributed by atoms with Gasteiger partial charge in [-0.3, -0.25) is 0 Å². The van der Waals surface area contributed by atoms with Gasteiger partial charge < -0.3 is 0 Å². The Morgan fingerprint density at radius 2 is 1.44 bits per heavy atom. The van der Waals surface area contributed by atoms with Crippen LogP contribution in [0.15, 0.2) is 36.4 Å². The van der Waals surface area contributed by atoms with Gasteiger partial charge in [0.2, 0.25) is 0 Å². The van der Waals surface area contributed by atoms with Crippen molar-refractivity contribution in [2.45, 2.75) is 78.6 Å². The van der Waals surface area contributed by atoms with Gasteiger partial charge in [-0.2, -0.15) is 0 Å². The van der Waals surface area contributed by atoms with Gasteiger partial charge in [-0.15, -0.1) is 0 Å². The third-order valence-electron chi connectivity index (χ3n) is 4.96. The summed E-state index contributed by atoms with van der Waals surface area (Å²) >= 11 is 0. The Hall–Kier alpha value is -2.07. The maximum Gasteiger partial charge on any atom is 0.127 e. The molecule has 0 aromatic heterocycles. The summed E-state index contributed by atoms with van der Waals surface area (Å²) < 4.78 is 14.5. The van der Waals surface area contributed by atoms with Crippen molar-refractivity contribution in [3.8, 4) is 11.8 Å². The number of halogens is 1. The van der Waals surface area contributed by atoms with E-state index in [4.69, 9.17) is 0 Å². The molecule has 0 unspecified atom stereocenters. The summed E-state index contributed by atoms with van der Waals surface area (Å²) in [6, 6.07) is 12.2. The first kappa shape index (κ1) is 21.2. The van der Waals surface area contributed by atoms with Gasteiger partial charge in [0.1, 0.15) is 5.82 Å². The molecule has 0 aliphatic heterocycles. The Balaban J connectivity index is 2.19. The third-order valence-corrected chi connectivity index (χ3v) is 4.96. The molecule has 0 bridgehead atoms. The van der Waals surface area contributed by atoms with E-state index in [0.717, 1.165) is 61.6 Å². The predicted molar refractivity (Wildman–Crippen MR) is 115 cm³/mol. The van der Waals surface area contributed by atoms with Crippen molar-refractivity contribution >= 4 is 0 Å². The first-order valence-electron chi connectivity index (χ1n) is 10.6. The van der Waals surface area contributed by atoms with E-state index in [2.05, 4.69) is 56.9 Å². The number of rotatable bonds is 9. The second-order valence-electron chi connectivity index (χ2n) is 7.36. The fourth-order valence-corrected chi connectivity index (χ4v) is 3.29. The van der Waals surface area contributed by atoms with Gasteiger partial charge in [-0.1, -0.05) is 76.5 Å². The van der Waals surface area contributed by atoms with Crippen LogP contribution in [-0.4, -0.2) is 0 Å². The molecule has 0 nitrogen and oxygen atoms in total. The minimum absolute atomic E-state index is 0.106. The molecule has 2 aromatic rings. The van der Waals surface area contributed by atoms with E-state index >= 15 is 0 Å². The smallest absolute Gasteiger partial charge is 0.127 e. The van der Waals surface area contributed by atoms with Gasteiger partial charge in [0.05, 0.1) is 0 Å². The van der Waals surface area contributed by atoms with E-state index in [0.29, 0.717) is 0 Å². The first-order chi connectivity index (χ1) is 13.2. The highest BCUT2D eigenvalue weighted by Gasteiger charge is 2.08. The molecule has 0 aliphatic carbocycles. The van der Waals surface area contributed by atoms with Crippen molar-refractivity contribution in [3.05, 3.63) is 70.0 Å². The number of hydrogen-bond acceptors (Lipinski definition) is 0. The summed E-state index contributed by atoms with van der Waals surface area (Å²) in [5, 5.41) is 0. The summed E-state index contributed by atoms with van der Waals surface area (Å²) in [7, 11) is 0. The molecule has 0 heterocycles. The Morgan fingerprint density at radius 3 is 2.11 bits per heavy atom. The van der Waals surface area contributed by atoms with Gasteiger partial charge in [0, 0.05) is 11.1 Å². The molecular weight excluding hydrogens is 331 g/mol. The fourth-order valence-electron chi connectivity index (χ4n) is 3.29. The van der Waals surface area contributed by atoms with Gasteiger partial charge in [0.25, 0.3) is 0 Å². The van der Waals surface area contributed by atoms with E-state index in [9.17, 15) is 4.39 Å². The predicted octanol–water partition coefficient (Wildman–Crippen LogP) is 7.25. The zero-order chi connectivity index (χ0) is 19.5. The van der Waals surface area contributed by atoms with Crippen molar-refractivity contribution in [3.63, 3.8) is 0 Å². The molecule has 0 radical (unpaired) electrons. The molecule has 27 heavy (non-hydrogen) atoms. The Bertz CT molecular complexity index is 759. The van der Waals surface area contributed by atoms with Crippen LogP contribution in [0.25, 0.3) is 0 Å². The maximum absolute atomic E-state index is 14.5. The van der Waals surface area contributed by atoms with E-state index in [1.807, 2.05) is 6.07 Å². The summed E-state index contributed by atoms with van der Waals surface area (Å²) in [6.07, 6.45) is 9.72. The van der Waals surface area contributed by atoms with Crippen molar-refractivity contribution in [1.29, 1.82) is 0 Å². The second kappa shape index (κ2) is 11.6. The highest BCUT2D eigenvalue weighted by atomic mass is 19.1. The summed E-state index contributed by atoms with van der Waals surface area (Å²) in [5.74, 6) is 6.34. The lowest BCUT2D eigenvalue weighted by molar-refractivity contribution is 0.597. The molecule has 2 aromatic carbocycles. The number of aryl methyl sites for hydroxylation is 3. The summed E-state index contributed by atoms with van der Waals surface area (Å²) in [5.41, 5.74) is 5.21. The second-order valence-corrected chi connectivity index (χ2v) is 7.36. The van der Waals surface area contributed by atoms with Crippen LogP contribution in [-0.2, 0) is 19.3 Å². The summed E-state index contributed by atoms with van der Waals surface area (Å²) in [4.78, 5) is 0. The molecule has 0 N–H and O–H groups in total. The van der Waals surface area contributed by atoms with Crippen LogP contribution in [0.2, 0.25) is 0 Å². The SMILES string of the molecule is CCCCCc1cc(CCC)c(C#Cc2ccc(CCCC)cc2)cc1F. The molecule has 0 atom stereocenters. The molecule has 0 saturated heterocycles. The largest absolute Gasteiger partial charge is 0.207 e. The summed E-state index contributed by atoms with van der Waals surface area (Å²) in [6.45, 7) is 6.54. The fraction of sp³-hybridized carbons (Fsp3) is 0.462. The Morgan fingerprint density at radius 1 is 0.704 bits per heavy atom. The molecule has 0 saturated carbocycles. The lowest BCUT2D eigenvalue weighted by Crippen LogP contribution is -1.98. The Kier molecular flexibility index (Phi) is 9.12. The van der Waals surface area contributed by atoms with E-state index < -0.39 is 0 Å². The molecule has 144 valence electrons. The van der Waals surface area contributed by atoms with Crippen molar-refractivity contribution in [1.82, 2.24) is 0 Å². The molecule has 0 aliphatic rings. The first-order valence-corrected chi connectivity index (χ1v) is 10.6. The lowest BCUT2D eigenvalue weighted by Gasteiger charge is -2.09. The van der Waals surface area contributed by atoms with Crippen LogP contribution in [0.3, 0.4) is 0 Å². The van der Waals surface area contributed by atoms with Crippen LogP contribution in [0.5, 0.6) is 0 Å².